The van der Waals surface area contributed by atoms with Crippen molar-refractivity contribution >= 4 is 18.1 Å². The van der Waals surface area contributed by atoms with Gasteiger partial charge < -0.3 is 33.2 Å². The predicted octanol–water partition coefficient (Wildman–Crippen LogP) is 12.7. The Kier molecular flexibility index (Phi) is 38.2. The first kappa shape index (κ1) is 59.0. The molecule has 0 aromatic carbocycles. The number of rotatable bonds is 40. The quantitative estimate of drug-likeness (QED) is 0.0192. The number of allylic oxidation sites excluding steroid dienone is 8. The minimum absolute atomic E-state index is 0.0418. The molecule has 0 saturated carbocycles. The average molecular weight is 904 g/mol. The van der Waals surface area contributed by atoms with Gasteiger partial charge in [-0.3, -0.25) is 14.5 Å². The second kappa shape index (κ2) is 41.4. The maximum absolute atomic E-state index is 13.1. The van der Waals surface area contributed by atoms with Crippen LogP contribution in [0.15, 0.2) is 47.6 Å². The highest BCUT2D eigenvalue weighted by atomic mass is 16.7. The second-order valence-corrected chi connectivity index (χ2v) is 18.3. The van der Waals surface area contributed by atoms with Crippen molar-refractivity contribution in [2.45, 2.75) is 183 Å². The fourth-order valence-corrected chi connectivity index (χ4v) is 6.95. The van der Waals surface area contributed by atoms with Crippen molar-refractivity contribution in [1.29, 1.82) is 0 Å². The van der Waals surface area contributed by atoms with E-state index in [-0.39, 0.29) is 38.8 Å². The van der Waals surface area contributed by atoms with Crippen molar-refractivity contribution < 1.29 is 47.5 Å². The molecule has 1 saturated heterocycles. The third kappa shape index (κ3) is 38.3. The van der Waals surface area contributed by atoms with Gasteiger partial charge in [-0.1, -0.05) is 100 Å². The summed E-state index contributed by atoms with van der Waals surface area (Å²) >= 11 is 0. The van der Waals surface area contributed by atoms with Crippen LogP contribution in [0, 0.1) is 17.8 Å². The highest BCUT2D eigenvalue weighted by molar-refractivity contribution is 5.69. The second-order valence-electron chi connectivity index (χ2n) is 18.3. The number of carbonyl (C=O) groups is 3. The third-order valence-electron chi connectivity index (χ3n) is 11.3. The molecule has 1 rings (SSSR count). The van der Waals surface area contributed by atoms with Gasteiger partial charge in [0.15, 0.2) is 6.29 Å². The van der Waals surface area contributed by atoms with Crippen molar-refractivity contribution in [2.75, 3.05) is 72.5 Å². The molecule has 1 fully saturated rings. The van der Waals surface area contributed by atoms with Crippen LogP contribution in [0.4, 0.5) is 4.79 Å². The zero-order chi connectivity index (χ0) is 46.9. The van der Waals surface area contributed by atoms with Crippen molar-refractivity contribution in [1.82, 2.24) is 4.90 Å². The molecule has 1 aliphatic rings. The van der Waals surface area contributed by atoms with Gasteiger partial charge >= 0.3 is 18.1 Å². The molecule has 3 atom stereocenters. The van der Waals surface area contributed by atoms with Gasteiger partial charge in [0.05, 0.1) is 25.6 Å². The van der Waals surface area contributed by atoms with Crippen LogP contribution in [0.2, 0.25) is 0 Å². The van der Waals surface area contributed by atoms with E-state index in [9.17, 15) is 14.4 Å². The molecule has 370 valence electrons. The monoisotopic (exact) mass is 904 g/mol. The molecule has 11 nitrogen and oxygen atoms in total. The van der Waals surface area contributed by atoms with Crippen molar-refractivity contribution in [2.24, 2.45) is 17.8 Å². The summed E-state index contributed by atoms with van der Waals surface area (Å²) in [6.45, 7) is 19.7. The Labute approximate surface area is 390 Å². The van der Waals surface area contributed by atoms with E-state index in [0.717, 1.165) is 96.6 Å². The summed E-state index contributed by atoms with van der Waals surface area (Å²) in [5.74, 6) is -0.270. The Balaban J connectivity index is 2.62. The van der Waals surface area contributed by atoms with E-state index in [0.29, 0.717) is 57.6 Å². The van der Waals surface area contributed by atoms with Gasteiger partial charge in [-0.25, -0.2) is 4.79 Å². The van der Waals surface area contributed by atoms with Gasteiger partial charge in [0.25, 0.3) is 0 Å². The number of esters is 2. The van der Waals surface area contributed by atoms with Crippen molar-refractivity contribution in [3.63, 3.8) is 0 Å². The highest BCUT2D eigenvalue weighted by Crippen LogP contribution is 2.17. The van der Waals surface area contributed by atoms with Crippen LogP contribution >= 0.6 is 0 Å². The lowest BCUT2D eigenvalue weighted by Gasteiger charge is -2.26. The van der Waals surface area contributed by atoms with Crippen LogP contribution in [-0.4, -0.2) is 102 Å². The van der Waals surface area contributed by atoms with Gasteiger partial charge in [-0.05, 0) is 117 Å². The Morgan fingerprint density at radius 1 is 0.578 bits per heavy atom. The van der Waals surface area contributed by atoms with E-state index in [1.807, 2.05) is 0 Å². The number of ether oxygens (including phenoxy) is 7. The van der Waals surface area contributed by atoms with Crippen LogP contribution < -0.4 is 0 Å². The molecule has 0 aromatic heterocycles. The predicted molar refractivity (Wildman–Crippen MR) is 259 cm³/mol. The van der Waals surface area contributed by atoms with E-state index in [1.165, 1.54) is 36.8 Å². The normalized spacial score (nSPS) is 15.1. The van der Waals surface area contributed by atoms with E-state index in [1.54, 1.807) is 0 Å². The number of morpholine rings is 1. The van der Waals surface area contributed by atoms with Crippen molar-refractivity contribution in [3.8, 4) is 0 Å². The zero-order valence-corrected chi connectivity index (χ0v) is 41.7. The summed E-state index contributed by atoms with van der Waals surface area (Å²) < 4.78 is 39.8. The first-order chi connectivity index (χ1) is 31.0. The van der Waals surface area contributed by atoms with Crippen LogP contribution in [0.3, 0.4) is 0 Å². The molecule has 3 unspecified atom stereocenters. The number of nitrogens with zero attached hydrogens (tertiary/aromatic N) is 1. The summed E-state index contributed by atoms with van der Waals surface area (Å²) in [4.78, 5) is 40.5. The Morgan fingerprint density at radius 3 is 1.69 bits per heavy atom. The molecule has 0 N–H and O–H groups in total. The van der Waals surface area contributed by atoms with Gasteiger partial charge in [0.2, 0.25) is 0 Å². The fourth-order valence-electron chi connectivity index (χ4n) is 6.95. The summed E-state index contributed by atoms with van der Waals surface area (Å²) in [7, 11) is 0. The maximum Gasteiger partial charge on any atom is 0.508 e. The number of hydrogen-bond donors (Lipinski definition) is 0. The lowest BCUT2D eigenvalue weighted by molar-refractivity contribution is -0.162. The van der Waals surface area contributed by atoms with Crippen LogP contribution in [0.1, 0.15) is 177 Å². The first-order valence-corrected chi connectivity index (χ1v) is 25.2. The summed E-state index contributed by atoms with van der Waals surface area (Å²) in [6.07, 6.45) is 31.3. The fraction of sp³-hybridized carbons (Fsp3) is 0.792. The lowest BCUT2D eigenvalue weighted by atomic mass is 10.0. The SMILES string of the molecule is CCCCC/C=C\C/C=C\CCCCCCCC(=O)OCC(COC(=O)CCC(OCCC(C)CCC=C(C)C)OCCC(C)CCC=C(C)C)COC(=O)OCCN1CCOCC1. The van der Waals surface area contributed by atoms with Crippen LogP contribution in [0.5, 0.6) is 0 Å². The molecule has 0 aromatic rings. The van der Waals surface area contributed by atoms with E-state index in [2.05, 4.69) is 89.8 Å². The molecule has 0 amide bonds. The van der Waals surface area contributed by atoms with E-state index < -0.39 is 24.3 Å². The zero-order valence-electron chi connectivity index (χ0n) is 41.7. The standard InChI is InChI=1S/C53H93NO10/c1-8-9-10-11-12-13-14-15-16-17-18-19-20-21-22-29-50(55)62-42-49(44-64-53(57)61-41-36-54-34-39-58-40-35-54)43-63-51(56)30-31-52(59-37-32-47(6)27-23-25-45(2)3)60-38-33-48(7)28-24-26-46(4)5/h12-13,15-16,25-26,47-49,52H,8-11,14,17-24,27-44H2,1-7H3/b13-12-,16-15-. The van der Waals surface area contributed by atoms with E-state index in [4.69, 9.17) is 33.2 Å². The van der Waals surface area contributed by atoms with Gasteiger partial charge in [-0.2, -0.15) is 0 Å². The molecule has 1 aliphatic heterocycles. The van der Waals surface area contributed by atoms with Crippen molar-refractivity contribution in [3.05, 3.63) is 47.6 Å². The summed E-state index contributed by atoms with van der Waals surface area (Å²) in [5, 5.41) is 0. The molecule has 0 spiro atoms. The molecular weight excluding hydrogens is 811 g/mol. The van der Waals surface area contributed by atoms with Crippen LogP contribution in [0.25, 0.3) is 0 Å². The molecular formula is C53H93NO10. The molecule has 0 aliphatic carbocycles. The van der Waals surface area contributed by atoms with Gasteiger partial charge in [-0.15, -0.1) is 0 Å². The lowest BCUT2D eigenvalue weighted by Crippen LogP contribution is -2.38. The first-order valence-electron chi connectivity index (χ1n) is 25.2. The molecule has 64 heavy (non-hydrogen) atoms. The van der Waals surface area contributed by atoms with Gasteiger partial charge in [0, 0.05) is 45.7 Å². The molecule has 11 heteroatoms. The maximum atomic E-state index is 13.1. The molecule has 1 heterocycles. The molecule has 0 bridgehead atoms. The minimum Gasteiger partial charge on any atom is -0.465 e. The van der Waals surface area contributed by atoms with E-state index >= 15 is 0 Å². The Hall–Kier alpha value is -2.99. The number of unbranched alkanes of at least 4 members (excludes halogenated alkanes) is 8. The summed E-state index contributed by atoms with van der Waals surface area (Å²) in [6, 6.07) is 0. The van der Waals surface area contributed by atoms with Crippen LogP contribution in [-0.2, 0) is 42.7 Å². The largest absolute Gasteiger partial charge is 0.508 e. The smallest absolute Gasteiger partial charge is 0.465 e. The van der Waals surface area contributed by atoms with Gasteiger partial charge in [0.1, 0.15) is 26.4 Å². The summed E-state index contributed by atoms with van der Waals surface area (Å²) in [5.41, 5.74) is 2.67. The topological polar surface area (TPSA) is 119 Å². The number of hydrogen-bond acceptors (Lipinski definition) is 11. The Morgan fingerprint density at radius 2 is 1.11 bits per heavy atom. The molecule has 0 radical (unpaired) electrons. The highest BCUT2D eigenvalue weighted by Gasteiger charge is 2.21. The number of carbonyl (C=O) groups excluding carboxylic acids is 3. The average Bonchev–Trinajstić information content (AvgIpc) is 3.26. The minimum atomic E-state index is -0.810. The Bertz CT molecular complexity index is 1250. The third-order valence-corrected chi connectivity index (χ3v) is 11.3.